The van der Waals surface area contributed by atoms with E-state index >= 15 is 0 Å². The van der Waals surface area contributed by atoms with E-state index in [-0.39, 0.29) is 29.5 Å². The molecule has 0 aliphatic carbocycles. The highest BCUT2D eigenvalue weighted by molar-refractivity contribution is 5.98. The van der Waals surface area contributed by atoms with E-state index in [0.29, 0.717) is 5.56 Å². The number of aromatic nitrogens is 2. The Kier molecular flexibility index (Phi) is 5.24. The molecule has 1 aromatic carbocycles. The molecule has 23 heavy (non-hydrogen) atoms. The van der Waals surface area contributed by atoms with Gasteiger partial charge in [-0.15, -0.1) is 0 Å². The number of hydrogen-bond donors (Lipinski definition) is 2. The third kappa shape index (κ3) is 4.03. The Morgan fingerprint density at radius 2 is 2.00 bits per heavy atom. The number of nitrogens with one attached hydrogen (secondary N) is 1. The van der Waals surface area contributed by atoms with Crippen LogP contribution in [0.1, 0.15) is 35.7 Å². The van der Waals surface area contributed by atoms with Crippen molar-refractivity contribution in [2.24, 2.45) is 0 Å². The highest BCUT2D eigenvalue weighted by Gasteiger charge is 2.18. The molecule has 0 radical (unpaired) electrons. The van der Waals surface area contributed by atoms with Crippen LogP contribution in [0.25, 0.3) is 0 Å². The maximum Gasteiger partial charge on any atom is 0.338 e. The van der Waals surface area contributed by atoms with Gasteiger partial charge >= 0.3 is 5.97 Å². The van der Waals surface area contributed by atoms with Gasteiger partial charge in [0.05, 0.1) is 23.8 Å². The van der Waals surface area contributed by atoms with Gasteiger partial charge in [-0.2, -0.15) is 0 Å². The largest absolute Gasteiger partial charge is 0.506 e. The van der Waals surface area contributed by atoms with Crippen molar-refractivity contribution in [1.82, 2.24) is 9.97 Å². The lowest BCUT2D eigenvalue weighted by Gasteiger charge is -2.13. The molecule has 120 valence electrons. The summed E-state index contributed by atoms with van der Waals surface area (Å²) in [5, 5.41) is 12.6. The molecular formula is C16H17N3O4. The third-order valence-corrected chi connectivity index (χ3v) is 3.24. The Morgan fingerprint density at radius 3 is 2.61 bits per heavy atom. The number of aromatic hydroxyl groups is 1. The lowest BCUT2D eigenvalue weighted by molar-refractivity contribution is -0.117. The van der Waals surface area contributed by atoms with Crippen molar-refractivity contribution in [1.29, 1.82) is 0 Å². The molecule has 0 bridgehead atoms. The van der Waals surface area contributed by atoms with Crippen LogP contribution >= 0.6 is 0 Å². The summed E-state index contributed by atoms with van der Waals surface area (Å²) in [7, 11) is 0. The Labute approximate surface area is 133 Å². The van der Waals surface area contributed by atoms with Crippen LogP contribution in [-0.2, 0) is 9.53 Å². The number of phenols is 1. The molecular weight excluding hydrogens is 298 g/mol. The number of esters is 1. The number of anilines is 1. The Balaban J connectivity index is 2.11. The molecule has 0 saturated carbocycles. The molecule has 0 fully saturated rings. The smallest absolute Gasteiger partial charge is 0.338 e. The lowest BCUT2D eigenvalue weighted by atomic mass is 10.0. The summed E-state index contributed by atoms with van der Waals surface area (Å²) in [5.74, 6) is -1.55. The van der Waals surface area contributed by atoms with E-state index in [4.69, 9.17) is 4.74 Å². The minimum Gasteiger partial charge on any atom is -0.506 e. The van der Waals surface area contributed by atoms with Crippen molar-refractivity contribution in [2.75, 3.05) is 11.9 Å². The van der Waals surface area contributed by atoms with Gasteiger partial charge in [-0.3, -0.25) is 4.79 Å². The first-order valence-corrected chi connectivity index (χ1v) is 7.08. The summed E-state index contributed by atoms with van der Waals surface area (Å²) in [4.78, 5) is 31.5. The Hall–Kier alpha value is -2.96. The van der Waals surface area contributed by atoms with Gasteiger partial charge < -0.3 is 15.2 Å². The molecule has 0 aliphatic rings. The first-order valence-electron chi connectivity index (χ1n) is 7.08. The molecule has 1 aromatic heterocycles. The second-order valence-corrected chi connectivity index (χ2v) is 4.84. The number of phenolic OH excluding ortho intramolecular Hbond substituents is 1. The molecule has 1 atom stereocenters. The van der Waals surface area contributed by atoms with Crippen molar-refractivity contribution >= 4 is 17.6 Å². The van der Waals surface area contributed by atoms with Crippen molar-refractivity contribution < 1.29 is 19.4 Å². The molecule has 0 aliphatic heterocycles. The molecule has 0 saturated heterocycles. The molecule has 7 nitrogen and oxygen atoms in total. The van der Waals surface area contributed by atoms with Gasteiger partial charge in [-0.25, -0.2) is 14.8 Å². The number of hydrogen-bond acceptors (Lipinski definition) is 6. The highest BCUT2D eigenvalue weighted by atomic mass is 16.5. The van der Waals surface area contributed by atoms with E-state index in [1.165, 1.54) is 24.5 Å². The first-order chi connectivity index (χ1) is 11.0. The maximum absolute atomic E-state index is 12.2. The predicted molar refractivity (Wildman–Crippen MR) is 83.1 cm³/mol. The molecule has 2 rings (SSSR count). The fraction of sp³-hybridized carbons (Fsp3) is 0.250. The van der Waals surface area contributed by atoms with Crippen LogP contribution in [0.15, 0.2) is 36.9 Å². The number of benzene rings is 1. The summed E-state index contributed by atoms with van der Waals surface area (Å²) in [6.45, 7) is 3.65. The van der Waals surface area contributed by atoms with Crippen molar-refractivity contribution in [3.63, 3.8) is 0 Å². The van der Waals surface area contributed by atoms with Crippen molar-refractivity contribution in [3.05, 3.63) is 48.0 Å². The summed E-state index contributed by atoms with van der Waals surface area (Å²) in [6, 6.07) is 4.18. The standard InChI is InChI=1S/C16H17N3O4/c1-3-23-16(22)11-4-5-13(14(20)6-11)19-15(21)10(2)12-7-17-9-18-8-12/h4-10,20H,3H2,1-2H3,(H,19,21). The highest BCUT2D eigenvalue weighted by Crippen LogP contribution is 2.26. The topological polar surface area (TPSA) is 101 Å². The lowest BCUT2D eigenvalue weighted by Crippen LogP contribution is -2.19. The number of rotatable bonds is 5. The minimum atomic E-state index is -0.532. The van der Waals surface area contributed by atoms with Crippen LogP contribution < -0.4 is 5.32 Å². The van der Waals surface area contributed by atoms with Gasteiger partial charge in [0.1, 0.15) is 12.1 Å². The van der Waals surface area contributed by atoms with E-state index in [9.17, 15) is 14.7 Å². The van der Waals surface area contributed by atoms with E-state index in [1.807, 2.05) is 0 Å². The van der Waals surface area contributed by atoms with Gasteiger partial charge in [0.15, 0.2) is 0 Å². The van der Waals surface area contributed by atoms with Crippen LogP contribution in [0.3, 0.4) is 0 Å². The first kappa shape index (κ1) is 16.4. The fourth-order valence-electron chi connectivity index (χ4n) is 1.91. The Bertz CT molecular complexity index is 704. The zero-order valence-corrected chi connectivity index (χ0v) is 12.8. The molecule has 2 N–H and O–H groups in total. The normalized spacial score (nSPS) is 11.6. The monoisotopic (exact) mass is 315 g/mol. The second-order valence-electron chi connectivity index (χ2n) is 4.84. The molecule has 0 spiro atoms. The van der Waals surface area contributed by atoms with Crippen LogP contribution in [0.5, 0.6) is 5.75 Å². The average molecular weight is 315 g/mol. The quantitative estimate of drug-likeness (QED) is 0.647. The summed E-state index contributed by atoms with van der Waals surface area (Å²) in [6.07, 6.45) is 4.50. The third-order valence-electron chi connectivity index (χ3n) is 3.24. The number of amides is 1. The maximum atomic E-state index is 12.2. The Morgan fingerprint density at radius 1 is 1.30 bits per heavy atom. The molecule has 1 heterocycles. The molecule has 2 aromatic rings. The van der Waals surface area contributed by atoms with Crippen LogP contribution in [0.4, 0.5) is 5.69 Å². The van der Waals surface area contributed by atoms with Crippen LogP contribution in [0.2, 0.25) is 0 Å². The van der Waals surface area contributed by atoms with Gasteiger partial charge in [0.25, 0.3) is 0 Å². The van der Waals surface area contributed by atoms with E-state index in [1.54, 1.807) is 26.2 Å². The summed E-state index contributed by atoms with van der Waals surface area (Å²) in [5.41, 5.74) is 1.09. The summed E-state index contributed by atoms with van der Waals surface area (Å²) >= 11 is 0. The van der Waals surface area contributed by atoms with E-state index in [2.05, 4.69) is 15.3 Å². The zero-order valence-electron chi connectivity index (χ0n) is 12.8. The number of carbonyl (C=O) groups excluding carboxylic acids is 2. The number of nitrogens with zero attached hydrogens (tertiary/aromatic N) is 2. The van der Waals surface area contributed by atoms with E-state index < -0.39 is 11.9 Å². The fourth-order valence-corrected chi connectivity index (χ4v) is 1.91. The summed E-state index contributed by atoms with van der Waals surface area (Å²) < 4.78 is 4.85. The van der Waals surface area contributed by atoms with Gasteiger partial charge in [0, 0.05) is 18.0 Å². The van der Waals surface area contributed by atoms with Crippen molar-refractivity contribution in [3.8, 4) is 5.75 Å². The second kappa shape index (κ2) is 7.35. The van der Waals surface area contributed by atoms with Crippen molar-refractivity contribution in [2.45, 2.75) is 19.8 Å². The van der Waals surface area contributed by atoms with Crippen LogP contribution in [-0.4, -0.2) is 33.6 Å². The van der Waals surface area contributed by atoms with Gasteiger partial charge in [-0.1, -0.05) is 0 Å². The van der Waals surface area contributed by atoms with E-state index in [0.717, 1.165) is 0 Å². The van der Waals surface area contributed by atoms with Gasteiger partial charge in [-0.05, 0) is 32.0 Å². The molecule has 7 heteroatoms. The number of ether oxygens (including phenoxy) is 1. The average Bonchev–Trinajstić information content (AvgIpc) is 2.56. The SMILES string of the molecule is CCOC(=O)c1ccc(NC(=O)C(C)c2cncnc2)c(O)c1. The van der Waals surface area contributed by atoms with Gasteiger partial charge in [0.2, 0.25) is 5.91 Å². The predicted octanol–water partition coefficient (Wildman–Crippen LogP) is 2.10. The molecule has 1 unspecified atom stereocenters. The minimum absolute atomic E-state index is 0.208. The zero-order chi connectivity index (χ0) is 16.8. The van der Waals surface area contributed by atoms with Crippen LogP contribution in [0, 0.1) is 0 Å². The number of carbonyl (C=O) groups is 2. The molecule has 1 amide bonds.